The maximum Gasteiger partial charge on any atom is 0.331 e. The molecule has 0 aliphatic carbocycles. The minimum Gasteiger partial charge on any atom is -0.479 e. The molecular weight excluding hydrogens is 292 g/mol. The minimum atomic E-state index is -1.18. The second-order valence-corrected chi connectivity index (χ2v) is 6.34. The van der Waals surface area contributed by atoms with Gasteiger partial charge in [-0.1, -0.05) is 0 Å². The summed E-state index contributed by atoms with van der Waals surface area (Å²) in [5.41, 5.74) is -0.0620. The van der Waals surface area contributed by atoms with Crippen LogP contribution in [0.3, 0.4) is 0 Å². The second-order valence-electron chi connectivity index (χ2n) is 5.14. The first-order chi connectivity index (χ1) is 9.71. The van der Waals surface area contributed by atoms with E-state index in [0.717, 1.165) is 5.01 Å². The number of hydrogen-bond donors (Lipinski definition) is 2. The molecule has 0 saturated heterocycles. The zero-order valence-electron chi connectivity index (χ0n) is 12.2. The molecule has 0 bridgehead atoms. The molecule has 2 aromatic rings. The maximum absolute atomic E-state index is 12.1. The maximum atomic E-state index is 12.1. The van der Waals surface area contributed by atoms with E-state index in [9.17, 15) is 9.59 Å². The summed E-state index contributed by atoms with van der Waals surface area (Å²) in [7, 11) is 0. The number of aryl methyl sites for hydroxylation is 2. The number of aromatic nitrogens is 3. The molecule has 1 amide bonds. The number of carboxylic acid groups (broad SMARTS) is 1. The van der Waals surface area contributed by atoms with Gasteiger partial charge in [0.15, 0.2) is 5.54 Å². The summed E-state index contributed by atoms with van der Waals surface area (Å²) >= 11 is 1.31. The number of anilines is 1. The predicted molar refractivity (Wildman–Crippen MR) is 78.7 cm³/mol. The normalized spacial score (nSPS) is 11.4. The standard InChI is InChI=1S/C13H16N4O3S/c1-7-10(21-8(2)15-7)11(18)16-9-5-14-17(6-9)13(3,4)12(19)20/h5-6H,1-4H3,(H,16,18)(H,19,20). The van der Waals surface area contributed by atoms with Gasteiger partial charge in [-0.25, -0.2) is 9.78 Å². The molecule has 112 valence electrons. The first-order valence-electron chi connectivity index (χ1n) is 6.25. The second kappa shape index (κ2) is 5.28. The molecule has 0 aromatic carbocycles. The summed E-state index contributed by atoms with van der Waals surface area (Å²) in [6.07, 6.45) is 2.92. The summed E-state index contributed by atoms with van der Waals surface area (Å²) < 4.78 is 1.30. The lowest BCUT2D eigenvalue weighted by atomic mass is 10.1. The molecule has 0 saturated carbocycles. The Hall–Kier alpha value is -2.22. The highest BCUT2D eigenvalue weighted by Crippen LogP contribution is 2.21. The molecule has 21 heavy (non-hydrogen) atoms. The topological polar surface area (TPSA) is 97.1 Å². The van der Waals surface area contributed by atoms with Crippen LogP contribution in [0.5, 0.6) is 0 Å². The van der Waals surface area contributed by atoms with Crippen molar-refractivity contribution >= 4 is 28.9 Å². The van der Waals surface area contributed by atoms with Gasteiger partial charge in [0.1, 0.15) is 4.88 Å². The molecule has 0 aliphatic rings. The Kier molecular flexibility index (Phi) is 3.82. The fourth-order valence-electron chi connectivity index (χ4n) is 1.72. The van der Waals surface area contributed by atoms with E-state index in [1.807, 2.05) is 6.92 Å². The van der Waals surface area contributed by atoms with E-state index in [-0.39, 0.29) is 5.91 Å². The van der Waals surface area contributed by atoms with Gasteiger partial charge in [-0.15, -0.1) is 11.3 Å². The Morgan fingerprint density at radius 2 is 2.05 bits per heavy atom. The van der Waals surface area contributed by atoms with Crippen molar-refractivity contribution in [1.29, 1.82) is 0 Å². The summed E-state index contributed by atoms with van der Waals surface area (Å²) in [5.74, 6) is -1.27. The third-order valence-corrected chi connectivity index (χ3v) is 4.12. The zero-order valence-corrected chi connectivity index (χ0v) is 13.0. The van der Waals surface area contributed by atoms with Gasteiger partial charge in [0, 0.05) is 6.20 Å². The van der Waals surface area contributed by atoms with Crippen molar-refractivity contribution in [3.63, 3.8) is 0 Å². The quantitative estimate of drug-likeness (QED) is 0.900. The Balaban J connectivity index is 2.18. The molecule has 2 aromatic heterocycles. The van der Waals surface area contributed by atoms with Gasteiger partial charge >= 0.3 is 5.97 Å². The smallest absolute Gasteiger partial charge is 0.331 e. The molecule has 0 spiro atoms. The molecule has 2 heterocycles. The highest BCUT2D eigenvalue weighted by molar-refractivity contribution is 7.13. The van der Waals surface area contributed by atoms with Crippen molar-refractivity contribution < 1.29 is 14.7 Å². The van der Waals surface area contributed by atoms with E-state index in [0.29, 0.717) is 16.3 Å². The third kappa shape index (κ3) is 2.94. The lowest BCUT2D eigenvalue weighted by molar-refractivity contribution is -0.146. The average Bonchev–Trinajstić information content (AvgIpc) is 2.96. The van der Waals surface area contributed by atoms with E-state index >= 15 is 0 Å². The number of rotatable bonds is 4. The monoisotopic (exact) mass is 308 g/mol. The number of thiazole rings is 1. The number of nitrogens with zero attached hydrogens (tertiary/aromatic N) is 3. The molecule has 0 fully saturated rings. The first-order valence-corrected chi connectivity index (χ1v) is 7.07. The van der Waals surface area contributed by atoms with Crippen molar-refractivity contribution in [1.82, 2.24) is 14.8 Å². The number of carbonyl (C=O) groups excluding carboxylic acids is 1. The lowest BCUT2D eigenvalue weighted by Gasteiger charge is -2.19. The van der Waals surface area contributed by atoms with Gasteiger partial charge in [-0.05, 0) is 27.7 Å². The van der Waals surface area contributed by atoms with Crippen LogP contribution in [0.4, 0.5) is 5.69 Å². The van der Waals surface area contributed by atoms with E-state index in [4.69, 9.17) is 5.11 Å². The highest BCUT2D eigenvalue weighted by atomic mass is 32.1. The van der Waals surface area contributed by atoms with Gasteiger partial charge in [0.2, 0.25) is 0 Å². The largest absolute Gasteiger partial charge is 0.479 e. The van der Waals surface area contributed by atoms with E-state index in [1.165, 1.54) is 42.3 Å². The molecule has 2 rings (SSSR count). The molecule has 0 unspecified atom stereocenters. The zero-order chi connectivity index (χ0) is 15.8. The number of carbonyl (C=O) groups is 2. The van der Waals surface area contributed by atoms with Crippen LogP contribution in [-0.2, 0) is 10.3 Å². The molecule has 0 radical (unpaired) electrons. The molecule has 8 heteroatoms. The van der Waals surface area contributed by atoms with Crippen LogP contribution in [0.1, 0.15) is 34.2 Å². The van der Waals surface area contributed by atoms with E-state index in [2.05, 4.69) is 15.4 Å². The highest BCUT2D eigenvalue weighted by Gasteiger charge is 2.30. The molecule has 2 N–H and O–H groups in total. The van der Waals surface area contributed by atoms with Crippen LogP contribution in [0, 0.1) is 13.8 Å². The minimum absolute atomic E-state index is 0.272. The number of nitrogens with one attached hydrogen (secondary N) is 1. The fraction of sp³-hybridized carbons (Fsp3) is 0.385. The Bertz CT molecular complexity index is 702. The van der Waals surface area contributed by atoms with Crippen molar-refractivity contribution in [2.75, 3.05) is 5.32 Å². The summed E-state index contributed by atoms with van der Waals surface area (Å²) in [6.45, 7) is 6.67. The van der Waals surface area contributed by atoms with Crippen LogP contribution in [-0.4, -0.2) is 31.7 Å². The summed E-state index contributed by atoms with van der Waals surface area (Å²) in [5, 5.41) is 16.7. The third-order valence-electron chi connectivity index (χ3n) is 3.05. The van der Waals surface area contributed by atoms with Gasteiger partial charge in [0.25, 0.3) is 5.91 Å². The molecule has 0 atom stereocenters. The fourth-order valence-corrected chi connectivity index (χ4v) is 2.54. The van der Waals surface area contributed by atoms with Crippen molar-refractivity contribution in [3.8, 4) is 0 Å². The van der Waals surface area contributed by atoms with Crippen molar-refractivity contribution in [2.24, 2.45) is 0 Å². The van der Waals surface area contributed by atoms with Crippen LogP contribution < -0.4 is 5.32 Å². The van der Waals surface area contributed by atoms with E-state index in [1.54, 1.807) is 6.92 Å². The lowest BCUT2D eigenvalue weighted by Crippen LogP contribution is -2.35. The van der Waals surface area contributed by atoms with Gasteiger partial charge in [-0.3, -0.25) is 9.48 Å². The van der Waals surface area contributed by atoms with Crippen LogP contribution in [0.2, 0.25) is 0 Å². The SMILES string of the molecule is Cc1nc(C)c(C(=O)Nc2cnn(C(C)(C)C(=O)O)c2)s1. The number of hydrogen-bond acceptors (Lipinski definition) is 5. The van der Waals surface area contributed by atoms with Crippen molar-refractivity contribution in [3.05, 3.63) is 28.0 Å². The first kappa shape index (κ1) is 15.2. The summed E-state index contributed by atoms with van der Waals surface area (Å²) in [4.78, 5) is 28.1. The summed E-state index contributed by atoms with van der Waals surface area (Å²) in [6, 6.07) is 0. The number of carboxylic acids is 1. The molecular formula is C13H16N4O3S. The molecule has 7 nitrogen and oxygen atoms in total. The number of amides is 1. The van der Waals surface area contributed by atoms with Gasteiger partial charge in [-0.2, -0.15) is 5.10 Å². The van der Waals surface area contributed by atoms with Crippen LogP contribution in [0.25, 0.3) is 0 Å². The average molecular weight is 308 g/mol. The van der Waals surface area contributed by atoms with Crippen LogP contribution >= 0.6 is 11.3 Å². The van der Waals surface area contributed by atoms with Crippen molar-refractivity contribution in [2.45, 2.75) is 33.2 Å². The predicted octanol–water partition coefficient (Wildman–Crippen LogP) is 2.03. The Morgan fingerprint density at radius 3 is 2.57 bits per heavy atom. The van der Waals surface area contributed by atoms with Crippen LogP contribution in [0.15, 0.2) is 12.4 Å². The number of aliphatic carboxylic acids is 1. The molecule has 0 aliphatic heterocycles. The van der Waals surface area contributed by atoms with E-state index < -0.39 is 11.5 Å². The Morgan fingerprint density at radius 1 is 1.38 bits per heavy atom. The van der Waals surface area contributed by atoms with Gasteiger partial charge < -0.3 is 10.4 Å². The Labute approximate surface area is 125 Å². The van der Waals surface area contributed by atoms with Gasteiger partial charge in [0.05, 0.1) is 22.6 Å².